The lowest BCUT2D eigenvalue weighted by Crippen LogP contribution is -2.03. The van der Waals surface area contributed by atoms with E-state index in [2.05, 4.69) is 66.8 Å². The molecular weight excluding hydrogens is 310 g/mol. The van der Waals surface area contributed by atoms with Gasteiger partial charge >= 0.3 is 0 Å². The summed E-state index contributed by atoms with van der Waals surface area (Å²) in [7, 11) is 3.66. The maximum absolute atomic E-state index is 6.07. The predicted molar refractivity (Wildman–Crippen MR) is 104 cm³/mol. The minimum absolute atomic E-state index is 0.0799. The van der Waals surface area contributed by atoms with Crippen LogP contribution in [0.4, 0.5) is 5.69 Å². The summed E-state index contributed by atoms with van der Waals surface area (Å²) in [5, 5.41) is 5.68. The lowest BCUT2D eigenvalue weighted by Gasteiger charge is -2.17. The molecule has 3 nitrogen and oxygen atoms in total. The Kier molecular flexibility index (Phi) is 5.56. The largest absolute Gasteiger partial charge is 0.489 e. The van der Waals surface area contributed by atoms with Gasteiger partial charge in [0.1, 0.15) is 12.4 Å². The van der Waals surface area contributed by atoms with Crippen molar-refractivity contribution in [2.45, 2.75) is 26.1 Å². The molecule has 0 bridgehead atoms. The highest BCUT2D eigenvalue weighted by molar-refractivity contribution is 5.82. The fourth-order valence-electron chi connectivity index (χ4n) is 3.07. The Hall–Kier alpha value is -2.52. The molecule has 3 aromatic carbocycles. The first-order valence-corrected chi connectivity index (χ1v) is 8.69. The Morgan fingerprint density at radius 2 is 1.76 bits per heavy atom. The van der Waals surface area contributed by atoms with E-state index in [0.29, 0.717) is 6.61 Å². The average Bonchev–Trinajstić information content (AvgIpc) is 2.67. The lowest BCUT2D eigenvalue weighted by atomic mass is 10.1. The molecule has 3 rings (SSSR count). The maximum atomic E-state index is 6.07. The molecule has 0 spiro atoms. The van der Waals surface area contributed by atoms with Crippen molar-refractivity contribution >= 4 is 16.5 Å². The SMILES string of the molecule is CCC(OC)c1cc(NC)cc(OCc2ccc3ccccc3c2)c1. The molecule has 0 heterocycles. The van der Waals surface area contributed by atoms with Gasteiger partial charge in [-0.3, -0.25) is 0 Å². The summed E-state index contributed by atoms with van der Waals surface area (Å²) in [5.41, 5.74) is 3.32. The number of anilines is 1. The van der Waals surface area contributed by atoms with Gasteiger partial charge in [-0.15, -0.1) is 0 Å². The van der Waals surface area contributed by atoms with Crippen molar-refractivity contribution in [3.63, 3.8) is 0 Å². The zero-order valence-corrected chi connectivity index (χ0v) is 15.1. The van der Waals surface area contributed by atoms with Gasteiger partial charge in [0.05, 0.1) is 6.10 Å². The number of fused-ring (bicyclic) bond motifs is 1. The number of rotatable bonds is 7. The standard InChI is InChI=1S/C22H25NO2/c1-4-22(24-3)19-12-20(23-2)14-21(13-19)25-15-16-9-10-17-7-5-6-8-18(17)11-16/h5-14,22-23H,4,15H2,1-3H3. The second-order valence-electron chi connectivity index (χ2n) is 6.14. The molecule has 1 unspecified atom stereocenters. The summed E-state index contributed by atoms with van der Waals surface area (Å²) in [6.07, 6.45) is 1.00. The zero-order chi connectivity index (χ0) is 17.6. The average molecular weight is 335 g/mol. The van der Waals surface area contributed by atoms with Crippen LogP contribution in [0.15, 0.2) is 60.7 Å². The molecular formula is C22H25NO2. The molecule has 0 saturated carbocycles. The number of benzene rings is 3. The molecule has 0 aliphatic rings. The van der Waals surface area contributed by atoms with Crippen molar-refractivity contribution in [3.05, 3.63) is 71.8 Å². The van der Waals surface area contributed by atoms with E-state index in [0.717, 1.165) is 29.0 Å². The van der Waals surface area contributed by atoms with E-state index in [1.165, 1.54) is 10.8 Å². The van der Waals surface area contributed by atoms with E-state index in [1.54, 1.807) is 7.11 Å². The van der Waals surface area contributed by atoms with Gasteiger partial charge in [0.15, 0.2) is 0 Å². The second kappa shape index (κ2) is 8.04. The molecule has 0 aliphatic heterocycles. The van der Waals surface area contributed by atoms with Gasteiger partial charge in [0.25, 0.3) is 0 Å². The molecule has 3 heteroatoms. The van der Waals surface area contributed by atoms with Crippen LogP contribution in [0.2, 0.25) is 0 Å². The first kappa shape index (κ1) is 17.3. The van der Waals surface area contributed by atoms with Crippen LogP contribution < -0.4 is 10.1 Å². The number of nitrogens with one attached hydrogen (secondary N) is 1. The summed E-state index contributed by atoms with van der Waals surface area (Å²) in [6, 6.07) is 21.0. The van der Waals surface area contributed by atoms with Crippen LogP contribution >= 0.6 is 0 Å². The normalized spacial score (nSPS) is 12.1. The molecule has 1 atom stereocenters. The topological polar surface area (TPSA) is 30.5 Å². The number of hydrogen-bond donors (Lipinski definition) is 1. The zero-order valence-electron chi connectivity index (χ0n) is 15.1. The first-order valence-electron chi connectivity index (χ1n) is 8.69. The number of hydrogen-bond acceptors (Lipinski definition) is 3. The molecule has 0 radical (unpaired) electrons. The molecule has 0 amide bonds. The summed E-state index contributed by atoms with van der Waals surface area (Å²) in [6.45, 7) is 2.66. The smallest absolute Gasteiger partial charge is 0.122 e. The van der Waals surface area contributed by atoms with Gasteiger partial charge in [-0.05, 0) is 46.5 Å². The quantitative estimate of drug-likeness (QED) is 0.613. The highest BCUT2D eigenvalue weighted by Crippen LogP contribution is 2.29. The summed E-state index contributed by atoms with van der Waals surface area (Å²) >= 11 is 0. The van der Waals surface area contributed by atoms with E-state index in [9.17, 15) is 0 Å². The van der Waals surface area contributed by atoms with Gasteiger partial charge in [-0.2, -0.15) is 0 Å². The van der Waals surface area contributed by atoms with Crippen LogP contribution in [-0.2, 0) is 11.3 Å². The van der Waals surface area contributed by atoms with Crippen LogP contribution in [0.25, 0.3) is 10.8 Å². The third kappa shape index (κ3) is 4.12. The van der Waals surface area contributed by atoms with Crippen LogP contribution in [-0.4, -0.2) is 14.2 Å². The minimum Gasteiger partial charge on any atom is -0.489 e. The highest BCUT2D eigenvalue weighted by Gasteiger charge is 2.11. The minimum atomic E-state index is 0.0799. The third-order valence-corrected chi connectivity index (χ3v) is 4.46. The second-order valence-corrected chi connectivity index (χ2v) is 6.14. The summed E-state index contributed by atoms with van der Waals surface area (Å²) < 4.78 is 11.6. The van der Waals surface area contributed by atoms with Crippen molar-refractivity contribution < 1.29 is 9.47 Å². The molecule has 3 aromatic rings. The van der Waals surface area contributed by atoms with Crippen molar-refractivity contribution in [2.24, 2.45) is 0 Å². The highest BCUT2D eigenvalue weighted by atomic mass is 16.5. The van der Waals surface area contributed by atoms with Crippen molar-refractivity contribution in [1.29, 1.82) is 0 Å². The van der Waals surface area contributed by atoms with Gasteiger partial charge < -0.3 is 14.8 Å². The number of ether oxygens (including phenoxy) is 2. The Morgan fingerprint density at radius 1 is 0.960 bits per heavy atom. The van der Waals surface area contributed by atoms with E-state index < -0.39 is 0 Å². The maximum Gasteiger partial charge on any atom is 0.122 e. The van der Waals surface area contributed by atoms with Crippen LogP contribution in [0.5, 0.6) is 5.75 Å². The molecule has 0 aliphatic carbocycles. The molecule has 130 valence electrons. The van der Waals surface area contributed by atoms with E-state index in [1.807, 2.05) is 13.1 Å². The summed E-state index contributed by atoms with van der Waals surface area (Å²) in [5.74, 6) is 0.852. The molecule has 0 saturated heterocycles. The predicted octanol–water partition coefficient (Wildman–Crippen LogP) is 5.56. The molecule has 0 fully saturated rings. The Labute approximate surface area is 149 Å². The fourth-order valence-corrected chi connectivity index (χ4v) is 3.07. The Balaban J connectivity index is 1.80. The Morgan fingerprint density at radius 3 is 2.48 bits per heavy atom. The number of methoxy groups -OCH3 is 1. The van der Waals surface area contributed by atoms with E-state index >= 15 is 0 Å². The first-order chi connectivity index (χ1) is 12.2. The van der Waals surface area contributed by atoms with Crippen LogP contribution in [0.3, 0.4) is 0 Å². The van der Waals surface area contributed by atoms with Crippen molar-refractivity contribution in [1.82, 2.24) is 0 Å². The third-order valence-electron chi connectivity index (χ3n) is 4.46. The fraction of sp³-hybridized carbons (Fsp3) is 0.273. The van der Waals surface area contributed by atoms with Gasteiger partial charge in [0, 0.05) is 25.9 Å². The van der Waals surface area contributed by atoms with Crippen LogP contribution in [0, 0.1) is 0 Å². The summed E-state index contributed by atoms with van der Waals surface area (Å²) in [4.78, 5) is 0. The van der Waals surface area contributed by atoms with Crippen molar-refractivity contribution in [2.75, 3.05) is 19.5 Å². The Bertz CT molecular complexity index is 840. The lowest BCUT2D eigenvalue weighted by molar-refractivity contribution is 0.0998. The van der Waals surface area contributed by atoms with Gasteiger partial charge in [-0.25, -0.2) is 0 Å². The van der Waals surface area contributed by atoms with E-state index in [-0.39, 0.29) is 6.10 Å². The molecule has 0 aromatic heterocycles. The van der Waals surface area contributed by atoms with Crippen LogP contribution in [0.1, 0.15) is 30.6 Å². The van der Waals surface area contributed by atoms with Gasteiger partial charge in [0.2, 0.25) is 0 Å². The monoisotopic (exact) mass is 335 g/mol. The molecule has 1 N–H and O–H groups in total. The van der Waals surface area contributed by atoms with Crippen molar-refractivity contribution in [3.8, 4) is 5.75 Å². The van der Waals surface area contributed by atoms with Gasteiger partial charge in [-0.1, -0.05) is 43.3 Å². The van der Waals surface area contributed by atoms with E-state index in [4.69, 9.17) is 9.47 Å². The molecule has 25 heavy (non-hydrogen) atoms.